The van der Waals surface area contributed by atoms with Crippen molar-refractivity contribution < 1.29 is 9.84 Å². The minimum absolute atomic E-state index is 0.281. The number of likely N-dealkylation sites (tertiary alicyclic amines) is 2. The zero-order valence-corrected chi connectivity index (χ0v) is 16.2. The van der Waals surface area contributed by atoms with Gasteiger partial charge in [-0.1, -0.05) is 12.8 Å². The van der Waals surface area contributed by atoms with E-state index in [-0.39, 0.29) is 6.23 Å². The van der Waals surface area contributed by atoms with Crippen molar-refractivity contribution in [2.75, 3.05) is 19.8 Å². The number of nitrogens with zero attached hydrogens (tertiary/aromatic N) is 2. The van der Waals surface area contributed by atoms with Crippen LogP contribution in [-0.2, 0) is 4.74 Å². The van der Waals surface area contributed by atoms with Gasteiger partial charge in [0, 0.05) is 36.7 Å². The van der Waals surface area contributed by atoms with Crippen molar-refractivity contribution in [3.05, 3.63) is 0 Å². The summed E-state index contributed by atoms with van der Waals surface area (Å²) < 4.78 is 6.54. The van der Waals surface area contributed by atoms with Gasteiger partial charge in [-0.05, 0) is 65.8 Å². The second kappa shape index (κ2) is 8.03. The average molecular weight is 339 g/mol. The van der Waals surface area contributed by atoms with E-state index in [2.05, 4.69) is 37.5 Å². The summed E-state index contributed by atoms with van der Waals surface area (Å²) >= 11 is 0. The summed E-state index contributed by atoms with van der Waals surface area (Å²) in [5, 5.41) is 9.54. The number of aliphatic hydroxyl groups is 1. The predicted molar refractivity (Wildman–Crippen MR) is 97.9 cm³/mol. The van der Waals surface area contributed by atoms with Gasteiger partial charge in [0.05, 0.1) is 6.61 Å². The maximum Gasteiger partial charge on any atom is 0.115 e. The van der Waals surface area contributed by atoms with Crippen molar-refractivity contribution in [3.63, 3.8) is 0 Å². The van der Waals surface area contributed by atoms with E-state index in [1.807, 2.05) is 0 Å². The Morgan fingerprint density at radius 1 is 1.04 bits per heavy atom. The van der Waals surface area contributed by atoms with Crippen molar-refractivity contribution in [2.45, 2.75) is 96.6 Å². The smallest absolute Gasteiger partial charge is 0.115 e. The minimum atomic E-state index is 0.281. The molecule has 5 unspecified atom stereocenters. The van der Waals surface area contributed by atoms with Gasteiger partial charge in [-0.25, -0.2) is 0 Å². The van der Waals surface area contributed by atoms with Gasteiger partial charge in [0.1, 0.15) is 6.23 Å². The number of ether oxygens (including phenoxy) is 1. The molecule has 1 saturated carbocycles. The van der Waals surface area contributed by atoms with Crippen molar-refractivity contribution >= 4 is 0 Å². The molecule has 0 aromatic rings. The lowest BCUT2D eigenvalue weighted by Gasteiger charge is -2.54. The largest absolute Gasteiger partial charge is 0.396 e. The second-order valence-corrected chi connectivity index (χ2v) is 8.85. The van der Waals surface area contributed by atoms with E-state index in [0.29, 0.717) is 42.6 Å². The van der Waals surface area contributed by atoms with Gasteiger partial charge in [-0.2, -0.15) is 0 Å². The first-order chi connectivity index (χ1) is 11.5. The highest BCUT2D eigenvalue weighted by Crippen LogP contribution is 2.48. The number of aliphatic hydroxyl groups excluding tert-OH is 1. The van der Waals surface area contributed by atoms with Crippen LogP contribution in [-0.4, -0.2) is 65.1 Å². The Labute approximate surface area is 148 Å². The standard InChI is InChI=1S/C20H38N2O2/c1-14(2)21-9-7-5-6-8-17(21)13-24-20-18-10-16(12-23)11-19(18)22(20)15(3)4/h14-20,23H,5-13H2,1-4H3. The molecular weight excluding hydrogens is 300 g/mol. The van der Waals surface area contributed by atoms with Crippen LogP contribution in [0.1, 0.15) is 66.2 Å². The normalized spacial score (nSPS) is 38.4. The molecule has 24 heavy (non-hydrogen) atoms. The maximum absolute atomic E-state index is 9.54. The SMILES string of the molecule is CC(C)N1CCCCCC1COC1C2CC(CO)CC2N1C(C)C. The first-order valence-corrected chi connectivity index (χ1v) is 10.3. The molecular formula is C20H38N2O2. The quantitative estimate of drug-likeness (QED) is 0.807. The fraction of sp³-hybridized carbons (Fsp3) is 1.00. The fourth-order valence-corrected chi connectivity index (χ4v) is 5.42. The molecule has 1 N–H and O–H groups in total. The van der Waals surface area contributed by atoms with Crippen LogP contribution in [0.2, 0.25) is 0 Å². The van der Waals surface area contributed by atoms with Gasteiger partial charge in [0.15, 0.2) is 0 Å². The zero-order chi connectivity index (χ0) is 17.3. The van der Waals surface area contributed by atoms with E-state index in [1.165, 1.54) is 32.2 Å². The first-order valence-electron chi connectivity index (χ1n) is 10.3. The summed E-state index contributed by atoms with van der Waals surface area (Å²) in [6, 6.07) is 2.36. The summed E-state index contributed by atoms with van der Waals surface area (Å²) in [5.41, 5.74) is 0. The van der Waals surface area contributed by atoms with Crippen LogP contribution < -0.4 is 0 Å². The predicted octanol–water partition coefficient (Wildman–Crippen LogP) is 3.09. The highest BCUT2D eigenvalue weighted by atomic mass is 16.5. The highest BCUT2D eigenvalue weighted by molar-refractivity contribution is 5.04. The number of fused-ring (bicyclic) bond motifs is 1. The molecule has 2 heterocycles. The Hall–Kier alpha value is -0.160. The van der Waals surface area contributed by atoms with E-state index in [1.54, 1.807) is 0 Å². The Morgan fingerprint density at radius 3 is 2.50 bits per heavy atom. The Bertz CT molecular complexity index is 401. The Kier molecular flexibility index (Phi) is 6.23. The van der Waals surface area contributed by atoms with Crippen molar-refractivity contribution in [1.29, 1.82) is 0 Å². The lowest BCUT2D eigenvalue weighted by molar-refractivity contribution is -0.214. The summed E-state index contributed by atoms with van der Waals surface area (Å²) in [5.74, 6) is 1.13. The van der Waals surface area contributed by atoms with E-state index < -0.39 is 0 Å². The lowest BCUT2D eigenvalue weighted by Crippen LogP contribution is -2.65. The van der Waals surface area contributed by atoms with Crippen LogP contribution in [0.25, 0.3) is 0 Å². The summed E-state index contributed by atoms with van der Waals surface area (Å²) in [6.45, 7) is 11.6. The van der Waals surface area contributed by atoms with E-state index >= 15 is 0 Å². The molecule has 4 heteroatoms. The van der Waals surface area contributed by atoms with Gasteiger partial charge in [-0.15, -0.1) is 0 Å². The molecule has 5 atom stereocenters. The van der Waals surface area contributed by atoms with Gasteiger partial charge in [-0.3, -0.25) is 9.80 Å². The molecule has 0 amide bonds. The molecule has 0 bridgehead atoms. The fourth-order valence-electron chi connectivity index (χ4n) is 5.42. The van der Waals surface area contributed by atoms with Crippen LogP contribution >= 0.6 is 0 Å². The van der Waals surface area contributed by atoms with Crippen LogP contribution in [0.5, 0.6) is 0 Å². The molecule has 3 rings (SSSR count). The van der Waals surface area contributed by atoms with Crippen LogP contribution in [0, 0.1) is 11.8 Å². The second-order valence-electron chi connectivity index (χ2n) is 8.85. The monoisotopic (exact) mass is 338 g/mol. The molecule has 4 nitrogen and oxygen atoms in total. The maximum atomic E-state index is 9.54. The van der Waals surface area contributed by atoms with Gasteiger partial charge >= 0.3 is 0 Å². The van der Waals surface area contributed by atoms with Gasteiger partial charge < -0.3 is 9.84 Å². The highest BCUT2D eigenvalue weighted by Gasteiger charge is 2.55. The molecule has 2 saturated heterocycles. The van der Waals surface area contributed by atoms with Crippen LogP contribution in [0.15, 0.2) is 0 Å². The van der Waals surface area contributed by atoms with Crippen LogP contribution in [0.3, 0.4) is 0 Å². The molecule has 140 valence electrons. The summed E-state index contributed by atoms with van der Waals surface area (Å²) in [6.07, 6.45) is 7.90. The van der Waals surface area contributed by atoms with Crippen molar-refractivity contribution in [1.82, 2.24) is 9.80 Å². The zero-order valence-electron chi connectivity index (χ0n) is 16.2. The molecule has 3 aliphatic rings. The topological polar surface area (TPSA) is 35.9 Å². The average Bonchev–Trinajstić information content (AvgIpc) is 2.72. The van der Waals surface area contributed by atoms with Gasteiger partial charge in [0.2, 0.25) is 0 Å². The molecule has 2 aliphatic heterocycles. The Morgan fingerprint density at radius 2 is 1.83 bits per heavy atom. The molecule has 0 spiro atoms. The van der Waals surface area contributed by atoms with E-state index in [9.17, 15) is 5.11 Å². The molecule has 0 aromatic heterocycles. The van der Waals surface area contributed by atoms with Crippen molar-refractivity contribution in [3.8, 4) is 0 Å². The minimum Gasteiger partial charge on any atom is -0.396 e. The molecule has 1 aliphatic carbocycles. The first kappa shape index (κ1) is 18.6. The third-order valence-electron chi connectivity index (χ3n) is 6.62. The number of rotatable bonds is 6. The molecule has 0 radical (unpaired) electrons. The third kappa shape index (κ3) is 3.67. The van der Waals surface area contributed by atoms with E-state index in [0.717, 1.165) is 19.4 Å². The molecule has 0 aromatic carbocycles. The van der Waals surface area contributed by atoms with Crippen molar-refractivity contribution in [2.24, 2.45) is 11.8 Å². The van der Waals surface area contributed by atoms with Gasteiger partial charge in [0.25, 0.3) is 0 Å². The summed E-state index contributed by atoms with van der Waals surface area (Å²) in [4.78, 5) is 5.23. The number of hydrogen-bond acceptors (Lipinski definition) is 4. The third-order valence-corrected chi connectivity index (χ3v) is 6.62. The van der Waals surface area contributed by atoms with E-state index in [4.69, 9.17) is 4.74 Å². The number of hydrogen-bond donors (Lipinski definition) is 1. The Balaban J connectivity index is 1.60. The van der Waals surface area contributed by atoms with Crippen LogP contribution in [0.4, 0.5) is 0 Å². The molecule has 3 fully saturated rings. The lowest BCUT2D eigenvalue weighted by atomic mass is 9.87. The summed E-state index contributed by atoms with van der Waals surface area (Å²) in [7, 11) is 0.